The molecule has 1 aliphatic carbocycles. The zero-order valence-corrected chi connectivity index (χ0v) is 10.7. The summed E-state index contributed by atoms with van der Waals surface area (Å²) in [6, 6.07) is 0. The molecule has 0 saturated heterocycles. The third-order valence-electron chi connectivity index (χ3n) is 3.09. The van der Waals surface area contributed by atoms with Crippen LogP contribution in [0.3, 0.4) is 0 Å². The maximum atomic E-state index is 11.6. The fourth-order valence-electron chi connectivity index (χ4n) is 2.15. The Bertz CT molecular complexity index is 385. The Morgan fingerprint density at radius 3 is 2.89 bits per heavy atom. The zero-order valence-electron chi connectivity index (χ0n) is 10.7. The number of nitrogens with one attached hydrogen (secondary N) is 2. The lowest BCUT2D eigenvalue weighted by atomic mass is 9.98. The van der Waals surface area contributed by atoms with Gasteiger partial charge in [-0.2, -0.15) is 0 Å². The summed E-state index contributed by atoms with van der Waals surface area (Å²) < 4.78 is 5.71. The van der Waals surface area contributed by atoms with Gasteiger partial charge in [0.2, 0.25) is 5.82 Å². The zero-order chi connectivity index (χ0) is 12.8. The third kappa shape index (κ3) is 3.80. The molecule has 1 amide bonds. The van der Waals surface area contributed by atoms with Gasteiger partial charge in [-0.3, -0.25) is 9.89 Å². The molecule has 0 radical (unpaired) electrons. The molecule has 1 saturated carbocycles. The second-order valence-electron chi connectivity index (χ2n) is 4.63. The van der Waals surface area contributed by atoms with Gasteiger partial charge in [-0.15, -0.1) is 5.10 Å². The number of amides is 1. The van der Waals surface area contributed by atoms with Crippen LogP contribution in [0.1, 0.15) is 48.5 Å². The van der Waals surface area contributed by atoms with Crippen LogP contribution in [-0.2, 0) is 4.74 Å². The number of carbonyl (C=O) groups excluding carboxylic acids is 1. The average Bonchev–Trinajstić information content (AvgIpc) is 2.82. The lowest BCUT2D eigenvalue weighted by Crippen LogP contribution is -2.30. The Morgan fingerprint density at radius 1 is 1.44 bits per heavy atom. The van der Waals surface area contributed by atoms with Crippen LogP contribution in [-0.4, -0.2) is 40.3 Å². The third-order valence-corrected chi connectivity index (χ3v) is 3.09. The molecule has 1 heterocycles. The Kier molecular flexibility index (Phi) is 4.69. The van der Waals surface area contributed by atoms with E-state index in [4.69, 9.17) is 4.74 Å². The van der Waals surface area contributed by atoms with E-state index >= 15 is 0 Å². The van der Waals surface area contributed by atoms with Gasteiger partial charge in [-0.05, 0) is 19.8 Å². The van der Waals surface area contributed by atoms with Crippen LogP contribution < -0.4 is 5.32 Å². The molecule has 2 N–H and O–H groups in total. The molecule has 1 fully saturated rings. The van der Waals surface area contributed by atoms with Gasteiger partial charge in [0, 0.05) is 6.54 Å². The molecule has 0 spiro atoms. The lowest BCUT2D eigenvalue weighted by molar-refractivity contribution is 0.0299. The first kappa shape index (κ1) is 13.0. The van der Waals surface area contributed by atoms with Crippen LogP contribution in [0.2, 0.25) is 0 Å². The highest BCUT2D eigenvalue weighted by atomic mass is 16.5. The first-order valence-electron chi connectivity index (χ1n) is 6.54. The number of ether oxygens (including phenoxy) is 1. The minimum atomic E-state index is -0.258. The van der Waals surface area contributed by atoms with E-state index in [0.717, 1.165) is 12.8 Å². The monoisotopic (exact) mass is 252 g/mol. The predicted octanol–water partition coefficient (Wildman–Crippen LogP) is 1.19. The number of carbonyl (C=O) groups is 1. The normalized spacial score (nSPS) is 16.7. The minimum Gasteiger partial charge on any atom is -0.376 e. The summed E-state index contributed by atoms with van der Waals surface area (Å²) in [6.45, 7) is 2.82. The number of aryl methyl sites for hydroxylation is 1. The van der Waals surface area contributed by atoms with Crippen molar-refractivity contribution in [3.63, 3.8) is 0 Å². The summed E-state index contributed by atoms with van der Waals surface area (Å²) in [6.07, 6.45) is 6.51. The molecule has 6 heteroatoms. The average molecular weight is 252 g/mol. The number of nitrogens with zero attached hydrogens (tertiary/aromatic N) is 2. The molecule has 2 rings (SSSR count). The van der Waals surface area contributed by atoms with E-state index in [1.807, 2.05) is 0 Å². The van der Waals surface area contributed by atoms with Crippen LogP contribution in [0.4, 0.5) is 0 Å². The number of H-pyrrole nitrogens is 1. The second-order valence-corrected chi connectivity index (χ2v) is 4.63. The highest BCUT2D eigenvalue weighted by Gasteiger charge is 2.14. The van der Waals surface area contributed by atoms with Crippen LogP contribution in [0.25, 0.3) is 0 Å². The quantitative estimate of drug-likeness (QED) is 0.771. The maximum absolute atomic E-state index is 11.6. The second kappa shape index (κ2) is 6.49. The number of aromatic amines is 1. The molecule has 6 nitrogen and oxygen atoms in total. The van der Waals surface area contributed by atoms with Gasteiger partial charge in [0.15, 0.2) is 0 Å². The lowest BCUT2D eigenvalue weighted by Gasteiger charge is -2.21. The van der Waals surface area contributed by atoms with E-state index in [-0.39, 0.29) is 11.7 Å². The molecule has 18 heavy (non-hydrogen) atoms. The number of rotatable bonds is 5. The summed E-state index contributed by atoms with van der Waals surface area (Å²) in [4.78, 5) is 15.6. The van der Waals surface area contributed by atoms with Gasteiger partial charge in [0.1, 0.15) is 5.82 Å². The number of hydrogen-bond acceptors (Lipinski definition) is 4. The van der Waals surface area contributed by atoms with Crippen molar-refractivity contribution in [2.75, 3.05) is 13.2 Å². The maximum Gasteiger partial charge on any atom is 0.291 e. The van der Waals surface area contributed by atoms with E-state index in [1.165, 1.54) is 19.3 Å². The van der Waals surface area contributed by atoms with Crippen LogP contribution in [0.15, 0.2) is 0 Å². The van der Waals surface area contributed by atoms with Crippen molar-refractivity contribution in [2.24, 2.45) is 0 Å². The number of hydrogen-bond donors (Lipinski definition) is 2. The SMILES string of the molecule is Cc1nc(C(=O)NCCOC2CCCCC2)n[nH]1. The van der Waals surface area contributed by atoms with E-state index < -0.39 is 0 Å². The van der Waals surface area contributed by atoms with Gasteiger partial charge in [0.05, 0.1) is 12.7 Å². The Hall–Kier alpha value is -1.43. The van der Waals surface area contributed by atoms with E-state index in [1.54, 1.807) is 6.92 Å². The van der Waals surface area contributed by atoms with Crippen molar-refractivity contribution in [1.29, 1.82) is 0 Å². The molecule has 1 aliphatic rings. The summed E-state index contributed by atoms with van der Waals surface area (Å²) in [5, 5.41) is 9.18. The molecular weight excluding hydrogens is 232 g/mol. The Morgan fingerprint density at radius 2 is 2.22 bits per heavy atom. The van der Waals surface area contributed by atoms with Crippen molar-refractivity contribution < 1.29 is 9.53 Å². The minimum absolute atomic E-state index is 0.185. The van der Waals surface area contributed by atoms with Crippen molar-refractivity contribution >= 4 is 5.91 Å². The van der Waals surface area contributed by atoms with Gasteiger partial charge in [0.25, 0.3) is 5.91 Å². The van der Waals surface area contributed by atoms with Crippen molar-refractivity contribution in [1.82, 2.24) is 20.5 Å². The Balaban J connectivity index is 1.61. The first-order valence-corrected chi connectivity index (χ1v) is 6.54. The van der Waals surface area contributed by atoms with Crippen molar-refractivity contribution in [2.45, 2.75) is 45.1 Å². The summed E-state index contributed by atoms with van der Waals surface area (Å²) in [5.74, 6) is 0.565. The van der Waals surface area contributed by atoms with Crippen molar-refractivity contribution in [3.05, 3.63) is 11.6 Å². The molecule has 0 unspecified atom stereocenters. The van der Waals surface area contributed by atoms with E-state index in [0.29, 0.717) is 25.1 Å². The highest BCUT2D eigenvalue weighted by molar-refractivity contribution is 5.90. The van der Waals surface area contributed by atoms with Gasteiger partial charge in [-0.25, -0.2) is 4.98 Å². The first-order chi connectivity index (χ1) is 8.75. The Labute approximate surface area is 107 Å². The molecular formula is C12H20N4O2. The van der Waals surface area contributed by atoms with Crippen molar-refractivity contribution in [3.8, 4) is 0 Å². The molecule has 0 aromatic carbocycles. The van der Waals surface area contributed by atoms with Crippen LogP contribution in [0, 0.1) is 6.92 Å². The van der Waals surface area contributed by atoms with Gasteiger partial charge in [-0.1, -0.05) is 19.3 Å². The van der Waals surface area contributed by atoms with E-state index in [2.05, 4.69) is 20.5 Å². The largest absolute Gasteiger partial charge is 0.376 e. The van der Waals surface area contributed by atoms with E-state index in [9.17, 15) is 4.79 Å². The topological polar surface area (TPSA) is 79.9 Å². The van der Waals surface area contributed by atoms with Crippen LogP contribution in [0.5, 0.6) is 0 Å². The van der Waals surface area contributed by atoms with Gasteiger partial charge < -0.3 is 10.1 Å². The smallest absolute Gasteiger partial charge is 0.291 e. The molecule has 0 atom stereocenters. The molecule has 100 valence electrons. The van der Waals surface area contributed by atoms with Gasteiger partial charge >= 0.3 is 0 Å². The summed E-state index contributed by atoms with van der Waals surface area (Å²) >= 11 is 0. The summed E-state index contributed by atoms with van der Waals surface area (Å²) in [7, 11) is 0. The molecule has 0 aliphatic heterocycles. The predicted molar refractivity (Wildman–Crippen MR) is 66.3 cm³/mol. The molecule has 1 aromatic heterocycles. The standard InChI is InChI=1S/C12H20N4O2/c1-9-14-11(16-15-9)12(17)13-7-8-18-10-5-3-2-4-6-10/h10H,2-8H2,1H3,(H,13,17)(H,14,15,16). The fourth-order valence-corrected chi connectivity index (χ4v) is 2.15. The van der Waals surface area contributed by atoms with Crippen LogP contribution >= 0.6 is 0 Å². The molecule has 0 bridgehead atoms. The molecule has 1 aromatic rings. The number of aromatic nitrogens is 3. The summed E-state index contributed by atoms with van der Waals surface area (Å²) in [5.41, 5.74) is 0. The highest BCUT2D eigenvalue weighted by Crippen LogP contribution is 2.19. The fraction of sp³-hybridized carbons (Fsp3) is 0.750.